The number of nitrogens with one attached hydrogen (secondary N) is 1. The molecular formula is C9H7NO2S. The summed E-state index contributed by atoms with van der Waals surface area (Å²) in [5.74, 6) is -0.221. The molecule has 1 atom stereocenters. The standard InChI is InChI=1S/C9H7NO2S/c11-8-7(13-9(12)10-8)6-4-2-1-3-5-6/h1-5,7H,(H,10,11,12)/t7-/m0/s1. The second kappa shape index (κ2) is 3.22. The number of carbonyl (C=O) groups excluding carboxylic acids is 2. The van der Waals surface area contributed by atoms with Crippen LogP contribution >= 0.6 is 11.8 Å². The fourth-order valence-corrected chi connectivity index (χ4v) is 2.04. The number of benzene rings is 1. The molecule has 1 aromatic rings. The van der Waals surface area contributed by atoms with Gasteiger partial charge in [0.25, 0.3) is 5.24 Å². The Morgan fingerprint density at radius 3 is 2.38 bits per heavy atom. The molecule has 0 aromatic heterocycles. The van der Waals surface area contributed by atoms with Gasteiger partial charge in [0.15, 0.2) is 0 Å². The Kier molecular flexibility index (Phi) is 2.06. The van der Waals surface area contributed by atoms with E-state index in [9.17, 15) is 9.59 Å². The van der Waals surface area contributed by atoms with E-state index in [1.165, 1.54) is 0 Å². The Balaban J connectivity index is 2.28. The third-order valence-corrected chi connectivity index (χ3v) is 2.83. The van der Waals surface area contributed by atoms with Crippen LogP contribution < -0.4 is 5.32 Å². The zero-order chi connectivity index (χ0) is 9.26. The number of thioether (sulfide) groups is 1. The van der Waals surface area contributed by atoms with E-state index in [0.29, 0.717) is 0 Å². The van der Waals surface area contributed by atoms with E-state index in [2.05, 4.69) is 5.32 Å². The molecular weight excluding hydrogens is 186 g/mol. The van der Waals surface area contributed by atoms with Crippen molar-refractivity contribution in [2.75, 3.05) is 0 Å². The van der Waals surface area contributed by atoms with Gasteiger partial charge >= 0.3 is 0 Å². The Morgan fingerprint density at radius 1 is 1.15 bits per heavy atom. The Bertz CT molecular complexity index is 350. The minimum Gasteiger partial charge on any atom is -0.286 e. The Morgan fingerprint density at radius 2 is 1.85 bits per heavy atom. The van der Waals surface area contributed by atoms with E-state index in [1.807, 2.05) is 30.3 Å². The molecule has 1 aliphatic rings. The summed E-state index contributed by atoms with van der Waals surface area (Å²) >= 11 is 1.03. The summed E-state index contributed by atoms with van der Waals surface area (Å²) in [7, 11) is 0. The molecule has 1 aliphatic heterocycles. The van der Waals surface area contributed by atoms with E-state index in [0.717, 1.165) is 17.3 Å². The highest BCUT2D eigenvalue weighted by Gasteiger charge is 2.32. The second-order valence-corrected chi connectivity index (χ2v) is 3.76. The molecule has 1 N–H and O–H groups in total. The molecule has 4 heteroatoms. The minimum absolute atomic E-state index is 0.221. The SMILES string of the molecule is O=C1NC(=O)[C@H](c2ccccc2)S1. The molecule has 1 aromatic carbocycles. The van der Waals surface area contributed by atoms with Crippen molar-refractivity contribution in [3.05, 3.63) is 35.9 Å². The molecule has 2 rings (SSSR count). The monoisotopic (exact) mass is 193 g/mol. The first-order chi connectivity index (χ1) is 6.27. The van der Waals surface area contributed by atoms with Gasteiger partial charge in [0.1, 0.15) is 5.25 Å². The summed E-state index contributed by atoms with van der Waals surface area (Å²) in [6.45, 7) is 0. The maximum absolute atomic E-state index is 11.2. The number of imide groups is 1. The van der Waals surface area contributed by atoms with E-state index in [-0.39, 0.29) is 16.4 Å². The lowest BCUT2D eigenvalue weighted by molar-refractivity contribution is -0.119. The minimum atomic E-state index is -0.367. The van der Waals surface area contributed by atoms with E-state index in [1.54, 1.807) is 0 Å². The van der Waals surface area contributed by atoms with Crippen LogP contribution in [0.4, 0.5) is 4.79 Å². The molecule has 0 radical (unpaired) electrons. The lowest BCUT2D eigenvalue weighted by Gasteiger charge is -2.03. The van der Waals surface area contributed by atoms with Gasteiger partial charge in [0, 0.05) is 0 Å². The maximum atomic E-state index is 11.2. The highest BCUT2D eigenvalue weighted by Crippen LogP contribution is 2.33. The van der Waals surface area contributed by atoms with Crippen molar-refractivity contribution in [3.63, 3.8) is 0 Å². The van der Waals surface area contributed by atoms with Gasteiger partial charge in [0.05, 0.1) is 0 Å². The maximum Gasteiger partial charge on any atom is 0.286 e. The first-order valence-corrected chi connectivity index (χ1v) is 4.72. The van der Waals surface area contributed by atoms with Gasteiger partial charge in [-0.25, -0.2) is 0 Å². The first kappa shape index (κ1) is 8.31. The lowest BCUT2D eigenvalue weighted by Crippen LogP contribution is -2.20. The fraction of sp³-hybridized carbons (Fsp3) is 0.111. The van der Waals surface area contributed by atoms with Crippen LogP contribution in [0.25, 0.3) is 0 Å². The molecule has 13 heavy (non-hydrogen) atoms. The van der Waals surface area contributed by atoms with Crippen molar-refractivity contribution < 1.29 is 9.59 Å². The molecule has 1 heterocycles. The van der Waals surface area contributed by atoms with Crippen molar-refractivity contribution in [3.8, 4) is 0 Å². The van der Waals surface area contributed by atoms with Gasteiger partial charge < -0.3 is 0 Å². The van der Waals surface area contributed by atoms with Crippen LogP contribution in [0.5, 0.6) is 0 Å². The van der Waals surface area contributed by atoms with Crippen molar-refractivity contribution in [1.82, 2.24) is 5.32 Å². The Labute approximate surface area is 79.5 Å². The van der Waals surface area contributed by atoms with Crippen LogP contribution in [0.15, 0.2) is 30.3 Å². The van der Waals surface area contributed by atoms with Crippen molar-refractivity contribution in [1.29, 1.82) is 0 Å². The van der Waals surface area contributed by atoms with Crippen LogP contribution in [-0.2, 0) is 4.79 Å². The van der Waals surface area contributed by atoms with Gasteiger partial charge in [-0.1, -0.05) is 30.3 Å². The topological polar surface area (TPSA) is 46.2 Å². The van der Waals surface area contributed by atoms with E-state index in [4.69, 9.17) is 0 Å². The Hall–Kier alpha value is -1.29. The zero-order valence-corrected chi connectivity index (χ0v) is 7.51. The summed E-state index contributed by atoms with van der Waals surface area (Å²) in [6, 6.07) is 9.27. The number of amides is 2. The molecule has 0 saturated carbocycles. The highest BCUT2D eigenvalue weighted by molar-refractivity contribution is 8.15. The summed E-state index contributed by atoms with van der Waals surface area (Å²) in [5, 5.41) is 1.62. The quantitative estimate of drug-likeness (QED) is 0.738. The number of carbonyl (C=O) groups is 2. The lowest BCUT2D eigenvalue weighted by atomic mass is 10.1. The summed E-state index contributed by atoms with van der Waals surface area (Å²) in [5.41, 5.74) is 0.871. The summed E-state index contributed by atoms with van der Waals surface area (Å²) in [6.07, 6.45) is 0. The van der Waals surface area contributed by atoms with Crippen LogP contribution in [-0.4, -0.2) is 11.1 Å². The molecule has 0 unspecified atom stereocenters. The first-order valence-electron chi connectivity index (χ1n) is 3.84. The van der Waals surface area contributed by atoms with Gasteiger partial charge in [-0.3, -0.25) is 14.9 Å². The highest BCUT2D eigenvalue weighted by atomic mass is 32.2. The fourth-order valence-electron chi connectivity index (χ4n) is 1.20. The summed E-state index contributed by atoms with van der Waals surface area (Å²) in [4.78, 5) is 22.1. The number of rotatable bonds is 1. The number of hydrogen-bond acceptors (Lipinski definition) is 3. The third kappa shape index (κ3) is 1.58. The second-order valence-electron chi connectivity index (χ2n) is 2.69. The molecule has 3 nitrogen and oxygen atoms in total. The smallest absolute Gasteiger partial charge is 0.286 e. The van der Waals surface area contributed by atoms with Crippen LogP contribution in [0.3, 0.4) is 0 Å². The van der Waals surface area contributed by atoms with Crippen molar-refractivity contribution >= 4 is 22.9 Å². The van der Waals surface area contributed by atoms with E-state index >= 15 is 0 Å². The zero-order valence-electron chi connectivity index (χ0n) is 6.69. The molecule has 1 saturated heterocycles. The molecule has 2 amide bonds. The largest absolute Gasteiger partial charge is 0.286 e. The third-order valence-electron chi connectivity index (χ3n) is 1.79. The molecule has 0 spiro atoms. The van der Waals surface area contributed by atoms with Crippen molar-refractivity contribution in [2.24, 2.45) is 0 Å². The van der Waals surface area contributed by atoms with Gasteiger partial charge in [-0.2, -0.15) is 0 Å². The predicted molar refractivity (Wildman–Crippen MR) is 50.3 cm³/mol. The van der Waals surface area contributed by atoms with Crippen molar-refractivity contribution in [2.45, 2.75) is 5.25 Å². The molecule has 1 fully saturated rings. The van der Waals surface area contributed by atoms with E-state index < -0.39 is 0 Å². The normalized spacial score (nSPS) is 21.7. The predicted octanol–water partition coefficient (Wildman–Crippen LogP) is 1.71. The van der Waals surface area contributed by atoms with Gasteiger partial charge in [0.2, 0.25) is 5.91 Å². The average molecular weight is 193 g/mol. The van der Waals surface area contributed by atoms with Gasteiger partial charge in [-0.05, 0) is 17.3 Å². The number of hydrogen-bond donors (Lipinski definition) is 1. The van der Waals surface area contributed by atoms with Gasteiger partial charge in [-0.15, -0.1) is 0 Å². The van der Waals surface area contributed by atoms with Crippen LogP contribution in [0, 0.1) is 0 Å². The molecule has 66 valence electrons. The molecule has 0 aliphatic carbocycles. The molecule has 0 bridgehead atoms. The van der Waals surface area contributed by atoms with Crippen LogP contribution in [0.2, 0.25) is 0 Å². The van der Waals surface area contributed by atoms with Crippen LogP contribution in [0.1, 0.15) is 10.8 Å². The average Bonchev–Trinajstić information content (AvgIpc) is 2.47. The summed E-state index contributed by atoms with van der Waals surface area (Å²) < 4.78 is 0.